The van der Waals surface area contributed by atoms with Crippen molar-refractivity contribution in [2.75, 3.05) is 6.54 Å². The molecule has 0 radical (unpaired) electrons. The van der Waals surface area contributed by atoms with E-state index in [-0.39, 0.29) is 24.8 Å². The molecule has 10 heteroatoms. The van der Waals surface area contributed by atoms with Crippen molar-refractivity contribution < 1.29 is 29.0 Å². The summed E-state index contributed by atoms with van der Waals surface area (Å²) in [5.74, 6) is -0.673. The molecule has 0 saturated carbocycles. The van der Waals surface area contributed by atoms with E-state index < -0.39 is 35.8 Å². The number of carbonyl (C=O) groups excluding carboxylic acids is 3. The molecule has 0 aliphatic carbocycles. The lowest BCUT2D eigenvalue weighted by atomic mass is 10.0. The minimum atomic E-state index is -1.07. The number of hydrogen-bond acceptors (Lipinski definition) is 6. The molecule has 0 aliphatic rings. The van der Waals surface area contributed by atoms with Gasteiger partial charge in [0.2, 0.25) is 17.5 Å². The molecule has 3 amide bonds. The van der Waals surface area contributed by atoms with Crippen LogP contribution < -0.4 is 20.7 Å². The molecule has 38 heavy (non-hydrogen) atoms. The Morgan fingerprint density at radius 2 is 1.68 bits per heavy atom. The fourth-order valence-corrected chi connectivity index (χ4v) is 3.77. The number of pyridine rings is 1. The van der Waals surface area contributed by atoms with E-state index in [2.05, 4.69) is 16.0 Å². The highest BCUT2D eigenvalue weighted by molar-refractivity contribution is 5.86. The van der Waals surface area contributed by atoms with E-state index in [1.807, 2.05) is 13.8 Å². The van der Waals surface area contributed by atoms with Gasteiger partial charge in [0.1, 0.15) is 11.6 Å². The Morgan fingerprint density at radius 1 is 1.03 bits per heavy atom. The molecular weight excluding hydrogens is 488 g/mol. The molecule has 0 bridgehead atoms. The Bertz CT molecular complexity index is 1100. The van der Waals surface area contributed by atoms with Crippen LogP contribution in [0.15, 0.2) is 48.7 Å². The number of hydrogen-bond donors (Lipinski definition) is 4. The predicted octanol–water partition coefficient (Wildman–Crippen LogP) is 2.45. The molecule has 1 aromatic heterocycles. The lowest BCUT2D eigenvalue weighted by molar-refractivity contribution is -0.593. The van der Waals surface area contributed by atoms with Crippen LogP contribution in [0.5, 0.6) is 0 Å². The summed E-state index contributed by atoms with van der Waals surface area (Å²) in [6.07, 6.45) is 0.0192. The quantitative estimate of drug-likeness (QED) is 0.261. The monoisotopic (exact) mass is 528 g/mol. The summed E-state index contributed by atoms with van der Waals surface area (Å²) in [5.41, 5.74) is 1.04. The third-order valence-electron chi connectivity index (χ3n) is 5.64. The largest absolute Gasteiger partial charge is 0.618 e. The molecule has 1 heterocycles. The third-order valence-corrected chi connectivity index (χ3v) is 5.64. The highest BCUT2D eigenvalue weighted by Crippen LogP contribution is 2.21. The van der Waals surface area contributed by atoms with E-state index in [1.54, 1.807) is 70.2 Å². The molecule has 1 aromatic carbocycles. The lowest BCUT2D eigenvalue weighted by Gasteiger charge is -2.26. The summed E-state index contributed by atoms with van der Waals surface area (Å²) >= 11 is 0. The number of carbonyl (C=O) groups is 3. The standard InChI is InChI=1S/C28H40N4O6/c1-18(2)15-22(31-27(36)38-28(4,5)6)26(35)30-19(3)24(33)17-29-25(34)16-20-11-7-8-12-21(20)23-13-9-10-14-32(23)37/h7-14,18-19,22,24,33H,15-17H2,1-6H3,(H,29,34)(H,30,35)(H,31,36)/t19?,22-,24-/m0/s1. The Balaban J connectivity index is 1.94. The average Bonchev–Trinajstić information content (AvgIpc) is 2.81. The normalized spacial score (nSPS) is 13.8. The van der Waals surface area contributed by atoms with Crippen molar-refractivity contribution in [3.8, 4) is 11.3 Å². The molecule has 208 valence electrons. The molecule has 10 nitrogen and oxygen atoms in total. The third kappa shape index (κ3) is 10.0. The van der Waals surface area contributed by atoms with E-state index in [9.17, 15) is 24.7 Å². The number of benzene rings is 1. The van der Waals surface area contributed by atoms with Gasteiger partial charge in [-0.05, 0) is 57.7 Å². The Morgan fingerprint density at radius 3 is 2.32 bits per heavy atom. The van der Waals surface area contributed by atoms with Gasteiger partial charge in [-0.2, -0.15) is 4.73 Å². The Labute approximate surface area is 224 Å². The van der Waals surface area contributed by atoms with Crippen molar-refractivity contribution in [1.82, 2.24) is 16.0 Å². The maximum Gasteiger partial charge on any atom is 0.408 e. The molecule has 0 saturated heterocycles. The molecule has 2 aromatic rings. The first-order chi connectivity index (χ1) is 17.8. The summed E-state index contributed by atoms with van der Waals surface area (Å²) in [5, 5.41) is 30.7. The first kappa shape index (κ1) is 30.6. The summed E-state index contributed by atoms with van der Waals surface area (Å²) < 4.78 is 6.01. The zero-order valence-corrected chi connectivity index (χ0v) is 23.0. The number of alkyl carbamates (subject to hydrolysis) is 1. The van der Waals surface area contributed by atoms with E-state index in [1.165, 1.54) is 6.20 Å². The Hall–Kier alpha value is -3.66. The highest BCUT2D eigenvalue weighted by atomic mass is 16.6. The maximum atomic E-state index is 12.9. The number of aliphatic hydroxyl groups excluding tert-OH is 1. The number of rotatable bonds is 11. The number of ether oxygens (including phenoxy) is 1. The van der Waals surface area contributed by atoms with Gasteiger partial charge in [0.15, 0.2) is 6.20 Å². The van der Waals surface area contributed by atoms with Gasteiger partial charge < -0.3 is 31.0 Å². The van der Waals surface area contributed by atoms with Crippen molar-refractivity contribution in [2.45, 2.75) is 78.2 Å². The van der Waals surface area contributed by atoms with Gasteiger partial charge in [-0.1, -0.05) is 32.0 Å². The first-order valence-corrected chi connectivity index (χ1v) is 12.8. The van der Waals surface area contributed by atoms with Crippen LogP contribution in [0.25, 0.3) is 11.3 Å². The fraction of sp³-hybridized carbons (Fsp3) is 0.500. The summed E-state index contributed by atoms with van der Waals surface area (Å²) in [6.45, 7) is 10.6. The van der Waals surface area contributed by atoms with Crippen LogP contribution in [-0.4, -0.2) is 53.3 Å². The van der Waals surface area contributed by atoms with E-state index in [0.717, 1.165) is 4.73 Å². The SMILES string of the molecule is CC(C)C[C@H](NC(=O)OC(C)(C)C)C(=O)NC(C)[C@@H](O)CNC(=O)Cc1ccccc1-c1cccc[n+]1[O-]. The molecule has 4 N–H and O–H groups in total. The first-order valence-electron chi connectivity index (χ1n) is 12.8. The van der Waals surface area contributed by atoms with Crippen LogP contribution in [0.4, 0.5) is 4.79 Å². The summed E-state index contributed by atoms with van der Waals surface area (Å²) in [7, 11) is 0. The summed E-state index contributed by atoms with van der Waals surface area (Å²) in [6, 6.07) is 10.7. The van der Waals surface area contributed by atoms with Crippen molar-refractivity contribution in [3.63, 3.8) is 0 Å². The topological polar surface area (TPSA) is 144 Å². The van der Waals surface area contributed by atoms with Crippen molar-refractivity contribution in [3.05, 3.63) is 59.4 Å². The number of aliphatic hydroxyl groups is 1. The zero-order valence-electron chi connectivity index (χ0n) is 23.0. The van der Waals surface area contributed by atoms with Crippen LogP contribution in [0.1, 0.15) is 53.5 Å². The molecule has 0 aliphatic heterocycles. The van der Waals surface area contributed by atoms with Crippen molar-refractivity contribution in [2.24, 2.45) is 5.92 Å². The Kier molecular flexibility index (Phi) is 11.1. The van der Waals surface area contributed by atoms with E-state index in [4.69, 9.17) is 4.74 Å². The molecule has 0 fully saturated rings. The van der Waals surface area contributed by atoms with Crippen molar-refractivity contribution in [1.29, 1.82) is 0 Å². The van der Waals surface area contributed by atoms with Gasteiger partial charge in [-0.3, -0.25) is 9.59 Å². The second kappa shape index (κ2) is 13.8. The summed E-state index contributed by atoms with van der Waals surface area (Å²) in [4.78, 5) is 37.7. The highest BCUT2D eigenvalue weighted by Gasteiger charge is 2.27. The average molecular weight is 529 g/mol. The molecule has 2 rings (SSSR count). The molecule has 3 atom stereocenters. The minimum Gasteiger partial charge on any atom is -0.618 e. The zero-order chi connectivity index (χ0) is 28.5. The number of aromatic nitrogens is 1. The lowest BCUT2D eigenvalue weighted by Crippen LogP contribution is -2.54. The van der Waals surface area contributed by atoms with Crippen LogP contribution in [0.3, 0.4) is 0 Å². The predicted molar refractivity (Wildman–Crippen MR) is 144 cm³/mol. The van der Waals surface area contributed by atoms with Gasteiger partial charge in [0.05, 0.1) is 24.1 Å². The molecule has 0 spiro atoms. The second-order valence-corrected chi connectivity index (χ2v) is 10.7. The smallest absolute Gasteiger partial charge is 0.408 e. The number of nitrogens with one attached hydrogen (secondary N) is 3. The van der Waals surface area contributed by atoms with Gasteiger partial charge in [-0.15, -0.1) is 0 Å². The van der Waals surface area contributed by atoms with Gasteiger partial charge >= 0.3 is 6.09 Å². The van der Waals surface area contributed by atoms with Gasteiger partial charge in [-0.25, -0.2) is 4.79 Å². The molecular formula is C28H40N4O6. The van der Waals surface area contributed by atoms with Crippen LogP contribution in [-0.2, 0) is 20.7 Å². The minimum absolute atomic E-state index is 0.00873. The number of nitrogens with zero attached hydrogens (tertiary/aromatic N) is 1. The molecule has 1 unspecified atom stereocenters. The van der Waals surface area contributed by atoms with E-state index in [0.29, 0.717) is 23.2 Å². The van der Waals surface area contributed by atoms with Gasteiger partial charge in [0, 0.05) is 18.7 Å². The van der Waals surface area contributed by atoms with Gasteiger partial charge in [0.25, 0.3) is 0 Å². The van der Waals surface area contributed by atoms with Crippen LogP contribution in [0.2, 0.25) is 0 Å². The maximum absolute atomic E-state index is 12.9. The van der Waals surface area contributed by atoms with E-state index >= 15 is 0 Å². The second-order valence-electron chi connectivity index (χ2n) is 10.7. The fourth-order valence-electron chi connectivity index (χ4n) is 3.77. The number of amides is 3. The van der Waals surface area contributed by atoms with Crippen molar-refractivity contribution >= 4 is 17.9 Å². The van der Waals surface area contributed by atoms with Crippen LogP contribution in [0, 0.1) is 11.1 Å². The van der Waals surface area contributed by atoms with Crippen LogP contribution >= 0.6 is 0 Å².